The van der Waals surface area contributed by atoms with E-state index in [2.05, 4.69) is 22.2 Å². The van der Waals surface area contributed by atoms with Crippen LogP contribution < -0.4 is 5.32 Å². The highest BCUT2D eigenvalue weighted by molar-refractivity contribution is 5.94. The van der Waals surface area contributed by atoms with Gasteiger partial charge in [-0.2, -0.15) is 0 Å². The van der Waals surface area contributed by atoms with Gasteiger partial charge in [-0.25, -0.2) is 14.8 Å². The molecule has 5 nitrogen and oxygen atoms in total. The van der Waals surface area contributed by atoms with Crippen molar-refractivity contribution < 1.29 is 9.90 Å². The molecule has 2 aromatic rings. The van der Waals surface area contributed by atoms with Gasteiger partial charge in [-0.05, 0) is 43.5 Å². The molecule has 0 saturated carbocycles. The van der Waals surface area contributed by atoms with Crippen molar-refractivity contribution in [3.8, 4) is 0 Å². The summed E-state index contributed by atoms with van der Waals surface area (Å²) >= 11 is 0. The highest BCUT2D eigenvalue weighted by Gasteiger charge is 2.15. The van der Waals surface area contributed by atoms with Crippen molar-refractivity contribution in [1.29, 1.82) is 0 Å². The van der Waals surface area contributed by atoms with Crippen LogP contribution in [0.5, 0.6) is 0 Å². The zero-order valence-electron chi connectivity index (χ0n) is 12.0. The zero-order chi connectivity index (χ0) is 14.7. The molecule has 0 bridgehead atoms. The van der Waals surface area contributed by atoms with E-state index in [4.69, 9.17) is 0 Å². The Morgan fingerprint density at radius 2 is 1.80 bits per heavy atom. The fourth-order valence-corrected chi connectivity index (χ4v) is 1.97. The van der Waals surface area contributed by atoms with E-state index in [-0.39, 0.29) is 5.69 Å². The van der Waals surface area contributed by atoms with E-state index in [9.17, 15) is 9.90 Å². The van der Waals surface area contributed by atoms with Crippen molar-refractivity contribution >= 4 is 22.8 Å². The van der Waals surface area contributed by atoms with E-state index in [1.165, 1.54) is 0 Å². The molecule has 0 fully saturated rings. The maximum Gasteiger partial charge on any atom is 0.358 e. The smallest absolute Gasteiger partial charge is 0.358 e. The Bertz CT molecular complexity index is 653. The van der Waals surface area contributed by atoms with Crippen LogP contribution in [0.15, 0.2) is 12.1 Å². The predicted molar refractivity (Wildman–Crippen MR) is 79.4 cm³/mol. The first-order chi connectivity index (χ1) is 9.52. The summed E-state index contributed by atoms with van der Waals surface area (Å²) in [6.07, 6.45) is 2.00. The van der Waals surface area contributed by atoms with E-state index >= 15 is 0 Å². The molecule has 1 aromatic heterocycles. The van der Waals surface area contributed by atoms with Crippen LogP contribution in [-0.2, 0) is 0 Å². The van der Waals surface area contributed by atoms with Crippen molar-refractivity contribution in [3.05, 3.63) is 29.0 Å². The Labute approximate surface area is 118 Å². The lowest BCUT2D eigenvalue weighted by Crippen LogP contribution is -2.12. The van der Waals surface area contributed by atoms with Crippen molar-refractivity contribution in [2.45, 2.75) is 33.6 Å². The number of aromatic carboxylic acids is 1. The summed E-state index contributed by atoms with van der Waals surface area (Å²) < 4.78 is 0. The molecule has 0 aliphatic heterocycles. The van der Waals surface area contributed by atoms with E-state index in [1.807, 2.05) is 26.0 Å². The van der Waals surface area contributed by atoms with Gasteiger partial charge in [0.2, 0.25) is 0 Å². The molecule has 2 N–H and O–H groups in total. The molecule has 0 aliphatic rings. The first-order valence-corrected chi connectivity index (χ1v) is 6.79. The minimum absolute atomic E-state index is 0.0168. The van der Waals surface area contributed by atoms with Crippen LogP contribution in [0.4, 0.5) is 5.82 Å². The molecule has 1 aromatic carbocycles. The summed E-state index contributed by atoms with van der Waals surface area (Å²) in [5, 5.41) is 12.3. The molecule has 0 aliphatic carbocycles. The molecule has 2 rings (SSSR count). The molecule has 0 unspecified atom stereocenters. The van der Waals surface area contributed by atoms with Gasteiger partial charge in [-0.1, -0.05) is 13.3 Å². The summed E-state index contributed by atoms with van der Waals surface area (Å²) in [5.74, 6) is -0.710. The molecule has 0 amide bonds. The summed E-state index contributed by atoms with van der Waals surface area (Å²) in [4.78, 5) is 20.0. The molecular formula is C15H19N3O2. The topological polar surface area (TPSA) is 75.1 Å². The third-order valence-electron chi connectivity index (χ3n) is 3.31. The number of nitrogens with one attached hydrogen (secondary N) is 1. The van der Waals surface area contributed by atoms with E-state index < -0.39 is 5.97 Å². The summed E-state index contributed by atoms with van der Waals surface area (Å²) in [6.45, 7) is 6.76. The number of aromatic nitrogens is 2. The van der Waals surface area contributed by atoms with Gasteiger partial charge in [-0.3, -0.25) is 0 Å². The highest BCUT2D eigenvalue weighted by atomic mass is 16.4. The molecule has 106 valence electrons. The van der Waals surface area contributed by atoms with Gasteiger partial charge >= 0.3 is 5.97 Å². The Hall–Kier alpha value is -2.17. The Morgan fingerprint density at radius 3 is 2.35 bits per heavy atom. The van der Waals surface area contributed by atoms with Crippen molar-refractivity contribution in [1.82, 2.24) is 9.97 Å². The average Bonchev–Trinajstić information content (AvgIpc) is 2.40. The highest BCUT2D eigenvalue weighted by Crippen LogP contribution is 2.20. The molecular weight excluding hydrogens is 254 g/mol. The second-order valence-electron chi connectivity index (χ2n) is 4.93. The van der Waals surface area contributed by atoms with Crippen molar-refractivity contribution in [2.24, 2.45) is 0 Å². The lowest BCUT2D eigenvalue weighted by atomic mass is 10.1. The number of hydrogen-bond donors (Lipinski definition) is 2. The van der Waals surface area contributed by atoms with Crippen LogP contribution in [-0.4, -0.2) is 27.6 Å². The lowest BCUT2D eigenvalue weighted by Gasteiger charge is -2.10. The number of benzene rings is 1. The molecule has 0 radical (unpaired) electrons. The van der Waals surface area contributed by atoms with E-state index in [0.29, 0.717) is 17.9 Å². The quantitative estimate of drug-likeness (QED) is 0.818. The number of carboxylic acids is 1. The van der Waals surface area contributed by atoms with Crippen molar-refractivity contribution in [3.63, 3.8) is 0 Å². The second kappa shape index (κ2) is 5.86. The number of rotatable bonds is 5. The van der Waals surface area contributed by atoms with Crippen LogP contribution in [0.3, 0.4) is 0 Å². The van der Waals surface area contributed by atoms with Crippen LogP contribution in [0.2, 0.25) is 0 Å². The third-order valence-corrected chi connectivity index (χ3v) is 3.31. The minimum atomic E-state index is -1.06. The third kappa shape index (κ3) is 2.87. The fourth-order valence-electron chi connectivity index (χ4n) is 1.97. The van der Waals surface area contributed by atoms with Crippen molar-refractivity contribution in [2.75, 3.05) is 11.9 Å². The standard InChI is InChI=1S/C15H19N3O2/c1-4-5-6-16-14-13(15(19)20)17-11-7-9(2)10(3)8-12(11)18-14/h7-8H,4-6H2,1-3H3,(H,16,18)(H,19,20). The molecule has 0 saturated heterocycles. The number of carbonyl (C=O) groups is 1. The first kappa shape index (κ1) is 14.2. The first-order valence-electron chi connectivity index (χ1n) is 6.79. The predicted octanol–water partition coefficient (Wildman–Crippen LogP) is 3.16. The SMILES string of the molecule is CCCCNc1nc2cc(C)c(C)cc2nc1C(=O)O. The van der Waals surface area contributed by atoms with Crippen LogP contribution in [0, 0.1) is 13.8 Å². The number of aryl methyl sites for hydroxylation is 2. The molecule has 0 spiro atoms. The van der Waals surface area contributed by atoms with Gasteiger partial charge in [-0.15, -0.1) is 0 Å². The minimum Gasteiger partial charge on any atom is -0.476 e. The molecule has 1 heterocycles. The fraction of sp³-hybridized carbons (Fsp3) is 0.400. The zero-order valence-corrected chi connectivity index (χ0v) is 12.0. The molecule has 0 atom stereocenters. The molecule has 5 heteroatoms. The number of fused-ring (bicyclic) bond motifs is 1. The number of anilines is 1. The van der Waals surface area contributed by atoms with Gasteiger partial charge in [0.05, 0.1) is 11.0 Å². The van der Waals surface area contributed by atoms with E-state index in [0.717, 1.165) is 29.5 Å². The normalized spacial score (nSPS) is 10.8. The maximum atomic E-state index is 11.3. The Balaban J connectivity index is 2.51. The summed E-state index contributed by atoms with van der Waals surface area (Å²) in [6, 6.07) is 3.81. The lowest BCUT2D eigenvalue weighted by molar-refractivity contribution is 0.0691. The summed E-state index contributed by atoms with van der Waals surface area (Å²) in [5.41, 5.74) is 3.52. The summed E-state index contributed by atoms with van der Waals surface area (Å²) in [7, 11) is 0. The average molecular weight is 273 g/mol. The number of hydrogen-bond acceptors (Lipinski definition) is 4. The van der Waals surface area contributed by atoms with Crippen LogP contribution >= 0.6 is 0 Å². The van der Waals surface area contributed by atoms with Gasteiger partial charge in [0.15, 0.2) is 11.5 Å². The Kier molecular flexibility index (Phi) is 4.17. The monoisotopic (exact) mass is 273 g/mol. The number of carboxylic acid groups (broad SMARTS) is 1. The number of nitrogens with zero attached hydrogens (tertiary/aromatic N) is 2. The van der Waals surface area contributed by atoms with Crippen LogP contribution in [0.1, 0.15) is 41.4 Å². The van der Waals surface area contributed by atoms with E-state index in [1.54, 1.807) is 0 Å². The maximum absolute atomic E-state index is 11.3. The second-order valence-corrected chi connectivity index (χ2v) is 4.93. The van der Waals surface area contributed by atoms with Gasteiger partial charge < -0.3 is 10.4 Å². The van der Waals surface area contributed by atoms with Crippen LogP contribution in [0.25, 0.3) is 11.0 Å². The Morgan fingerprint density at radius 1 is 1.20 bits per heavy atom. The largest absolute Gasteiger partial charge is 0.476 e. The van der Waals surface area contributed by atoms with Gasteiger partial charge in [0.1, 0.15) is 0 Å². The van der Waals surface area contributed by atoms with Gasteiger partial charge in [0, 0.05) is 6.54 Å². The van der Waals surface area contributed by atoms with Gasteiger partial charge in [0.25, 0.3) is 0 Å². The number of unbranched alkanes of at least 4 members (excludes halogenated alkanes) is 1. The molecule has 20 heavy (non-hydrogen) atoms.